The van der Waals surface area contributed by atoms with Gasteiger partial charge >= 0.3 is 5.97 Å². The zero-order valence-electron chi connectivity index (χ0n) is 13.9. The molecule has 0 bridgehead atoms. The van der Waals surface area contributed by atoms with E-state index in [1.54, 1.807) is 18.6 Å². The maximum absolute atomic E-state index is 12.3. The summed E-state index contributed by atoms with van der Waals surface area (Å²) in [6.07, 6.45) is 1.60. The van der Waals surface area contributed by atoms with Crippen LogP contribution >= 0.6 is 11.3 Å². The first-order valence-corrected chi connectivity index (χ1v) is 8.27. The van der Waals surface area contributed by atoms with Crippen LogP contribution in [0.4, 0.5) is 0 Å². The lowest BCUT2D eigenvalue weighted by atomic mass is 10.3. The number of nitrogens with zero attached hydrogens (tertiary/aromatic N) is 5. The largest absolute Gasteiger partial charge is 0.456 e. The summed E-state index contributed by atoms with van der Waals surface area (Å²) in [5.41, 5.74) is 5.28. The molecule has 0 aromatic carbocycles. The number of hydrogen-bond donors (Lipinski definition) is 0. The molecule has 0 radical (unpaired) electrons. The van der Waals surface area contributed by atoms with Crippen molar-refractivity contribution in [3.8, 4) is 5.95 Å². The van der Waals surface area contributed by atoms with Gasteiger partial charge < -0.3 is 4.74 Å². The third-order valence-electron chi connectivity index (χ3n) is 3.47. The van der Waals surface area contributed by atoms with Crippen molar-refractivity contribution >= 4 is 17.3 Å². The molecule has 0 spiro atoms. The summed E-state index contributed by atoms with van der Waals surface area (Å²) < 4.78 is 6.87. The Morgan fingerprint density at radius 1 is 1.17 bits per heavy atom. The summed E-state index contributed by atoms with van der Waals surface area (Å²) in [7, 11) is 0. The highest BCUT2D eigenvalue weighted by atomic mass is 32.1. The average Bonchev–Trinajstić information content (AvgIpc) is 3.10. The number of hydrogen-bond acceptors (Lipinski definition) is 7. The molecule has 0 unspecified atom stereocenters. The van der Waals surface area contributed by atoms with E-state index in [4.69, 9.17) is 4.74 Å². The molecule has 7 nitrogen and oxygen atoms in total. The first-order valence-electron chi connectivity index (χ1n) is 7.39. The van der Waals surface area contributed by atoms with E-state index >= 15 is 0 Å². The molecule has 24 heavy (non-hydrogen) atoms. The fraction of sp³-hybridized carbons (Fsp3) is 0.312. The summed E-state index contributed by atoms with van der Waals surface area (Å²) >= 11 is 1.47. The molecule has 0 fully saturated rings. The average molecular weight is 343 g/mol. The molecule has 124 valence electrons. The quantitative estimate of drug-likeness (QED) is 0.677. The van der Waals surface area contributed by atoms with Gasteiger partial charge in [0.1, 0.15) is 12.2 Å². The molecule has 0 aliphatic carbocycles. The number of aromatic nitrogens is 5. The van der Waals surface area contributed by atoms with E-state index in [0.29, 0.717) is 17.2 Å². The molecule has 0 saturated heterocycles. The van der Waals surface area contributed by atoms with Crippen LogP contribution in [0.1, 0.15) is 38.0 Å². The summed E-state index contributed by atoms with van der Waals surface area (Å²) in [4.78, 5) is 26.1. The van der Waals surface area contributed by atoms with Gasteiger partial charge in [-0.15, -0.1) is 11.3 Å². The predicted molar refractivity (Wildman–Crippen MR) is 89.3 cm³/mol. The van der Waals surface area contributed by atoms with Crippen molar-refractivity contribution in [1.29, 1.82) is 0 Å². The van der Waals surface area contributed by atoms with E-state index in [2.05, 4.69) is 20.1 Å². The van der Waals surface area contributed by atoms with Crippen molar-refractivity contribution < 1.29 is 9.53 Å². The van der Waals surface area contributed by atoms with Gasteiger partial charge in [-0.2, -0.15) is 5.10 Å². The van der Waals surface area contributed by atoms with Gasteiger partial charge in [-0.3, -0.25) is 0 Å². The fourth-order valence-corrected chi connectivity index (χ4v) is 2.93. The maximum atomic E-state index is 12.3. The minimum Gasteiger partial charge on any atom is -0.456 e. The van der Waals surface area contributed by atoms with Crippen LogP contribution in [0.5, 0.6) is 0 Å². The third-order valence-corrected chi connectivity index (χ3v) is 4.38. The zero-order chi connectivity index (χ0) is 17.3. The molecular formula is C16H17N5O2S. The highest BCUT2D eigenvalue weighted by Gasteiger charge is 2.17. The topological polar surface area (TPSA) is 82.8 Å². The Morgan fingerprint density at radius 3 is 2.50 bits per heavy atom. The van der Waals surface area contributed by atoms with E-state index in [0.717, 1.165) is 22.0 Å². The van der Waals surface area contributed by atoms with E-state index in [1.165, 1.54) is 16.0 Å². The minimum atomic E-state index is -0.420. The highest BCUT2D eigenvalue weighted by molar-refractivity contribution is 7.09. The van der Waals surface area contributed by atoms with Crippen molar-refractivity contribution in [1.82, 2.24) is 24.7 Å². The lowest BCUT2D eigenvalue weighted by Gasteiger charge is -2.03. The Bertz CT molecular complexity index is 880. The SMILES string of the molecule is Cc1cc(C)nc(-n2cc(C(=O)OCc3scnc3C)c(C)n2)n1. The molecule has 3 aromatic heterocycles. The van der Waals surface area contributed by atoms with Crippen LogP contribution in [0, 0.1) is 27.7 Å². The second-order valence-electron chi connectivity index (χ2n) is 5.46. The monoisotopic (exact) mass is 343 g/mol. The Kier molecular flexibility index (Phi) is 4.39. The maximum Gasteiger partial charge on any atom is 0.342 e. The Balaban J connectivity index is 1.80. The smallest absolute Gasteiger partial charge is 0.342 e. The molecule has 0 saturated carbocycles. The van der Waals surface area contributed by atoms with Crippen LogP contribution in [0.15, 0.2) is 17.8 Å². The number of carbonyl (C=O) groups is 1. The second-order valence-corrected chi connectivity index (χ2v) is 6.40. The van der Waals surface area contributed by atoms with Crippen molar-refractivity contribution in [2.45, 2.75) is 34.3 Å². The lowest BCUT2D eigenvalue weighted by Crippen LogP contribution is -2.06. The summed E-state index contributed by atoms with van der Waals surface area (Å²) in [6.45, 7) is 7.64. The Morgan fingerprint density at radius 2 is 1.88 bits per heavy atom. The summed E-state index contributed by atoms with van der Waals surface area (Å²) in [5.74, 6) is 0.0175. The third kappa shape index (κ3) is 3.33. The highest BCUT2D eigenvalue weighted by Crippen LogP contribution is 2.16. The van der Waals surface area contributed by atoms with Crippen LogP contribution in [0.2, 0.25) is 0 Å². The summed E-state index contributed by atoms with van der Waals surface area (Å²) in [5, 5.41) is 4.33. The van der Waals surface area contributed by atoms with Gasteiger partial charge in [0.15, 0.2) is 0 Å². The number of aryl methyl sites for hydroxylation is 4. The van der Waals surface area contributed by atoms with Crippen LogP contribution in [0.3, 0.4) is 0 Å². The Labute approximate surface area is 143 Å². The number of rotatable bonds is 4. The molecule has 3 heterocycles. The fourth-order valence-electron chi connectivity index (χ4n) is 2.25. The van der Waals surface area contributed by atoms with E-state index in [1.807, 2.05) is 26.8 Å². The molecule has 3 rings (SSSR count). The molecule has 3 aromatic rings. The van der Waals surface area contributed by atoms with Crippen LogP contribution in [-0.4, -0.2) is 30.7 Å². The minimum absolute atomic E-state index is 0.208. The standard InChI is InChI=1S/C16H17N5O2S/c1-9-5-10(2)19-16(18-9)21-6-13(11(3)20-21)15(22)23-7-14-12(4)17-8-24-14/h5-6,8H,7H2,1-4H3. The van der Waals surface area contributed by atoms with Gasteiger partial charge in [0.05, 0.1) is 21.8 Å². The molecular weight excluding hydrogens is 326 g/mol. The van der Waals surface area contributed by atoms with E-state index < -0.39 is 5.97 Å². The van der Waals surface area contributed by atoms with Crippen molar-refractivity contribution in [2.75, 3.05) is 0 Å². The van der Waals surface area contributed by atoms with Crippen LogP contribution < -0.4 is 0 Å². The Hall–Kier alpha value is -2.61. The van der Waals surface area contributed by atoms with Gasteiger partial charge in [-0.05, 0) is 33.8 Å². The number of thiazole rings is 1. The molecule has 8 heteroatoms. The normalized spacial score (nSPS) is 10.8. The van der Waals surface area contributed by atoms with Gasteiger partial charge in [-0.25, -0.2) is 24.4 Å². The van der Waals surface area contributed by atoms with E-state index in [9.17, 15) is 4.79 Å². The first kappa shape index (κ1) is 16.3. The van der Waals surface area contributed by atoms with Gasteiger partial charge in [-0.1, -0.05) is 0 Å². The first-order chi connectivity index (χ1) is 11.4. The number of ether oxygens (including phenoxy) is 1. The molecule has 0 N–H and O–H groups in total. The number of esters is 1. The van der Waals surface area contributed by atoms with Crippen molar-refractivity contribution in [2.24, 2.45) is 0 Å². The van der Waals surface area contributed by atoms with Crippen LogP contribution in [-0.2, 0) is 11.3 Å². The van der Waals surface area contributed by atoms with Gasteiger partial charge in [0.25, 0.3) is 5.95 Å². The lowest BCUT2D eigenvalue weighted by molar-refractivity contribution is 0.0475. The van der Waals surface area contributed by atoms with Crippen molar-refractivity contribution in [3.63, 3.8) is 0 Å². The summed E-state index contributed by atoms with van der Waals surface area (Å²) in [6, 6.07) is 1.88. The molecule has 0 aliphatic rings. The molecule has 0 atom stereocenters. The van der Waals surface area contributed by atoms with Crippen molar-refractivity contribution in [3.05, 3.63) is 51.0 Å². The van der Waals surface area contributed by atoms with E-state index in [-0.39, 0.29) is 6.61 Å². The van der Waals surface area contributed by atoms with Crippen LogP contribution in [0.25, 0.3) is 5.95 Å². The van der Waals surface area contributed by atoms with Gasteiger partial charge in [0.2, 0.25) is 0 Å². The predicted octanol–water partition coefficient (Wildman–Crippen LogP) is 2.71. The number of carbonyl (C=O) groups excluding carboxylic acids is 1. The molecule has 0 amide bonds. The zero-order valence-corrected chi connectivity index (χ0v) is 14.7. The molecule has 0 aliphatic heterocycles. The van der Waals surface area contributed by atoms with Gasteiger partial charge in [0, 0.05) is 17.6 Å². The second kappa shape index (κ2) is 6.48.